The van der Waals surface area contributed by atoms with Crippen molar-refractivity contribution < 1.29 is 31.1 Å². The van der Waals surface area contributed by atoms with Crippen LogP contribution in [0.1, 0.15) is 87.1 Å². The van der Waals surface area contributed by atoms with Crippen molar-refractivity contribution in [3.63, 3.8) is 0 Å². The maximum atomic E-state index is 12.9. The van der Waals surface area contributed by atoms with E-state index in [0.717, 1.165) is 36.2 Å². The molecule has 2 aromatic carbocycles. The van der Waals surface area contributed by atoms with E-state index in [9.17, 15) is 4.79 Å². The van der Waals surface area contributed by atoms with Gasteiger partial charge in [-0.25, -0.2) is 0 Å². The van der Waals surface area contributed by atoms with Crippen LogP contribution in [0.15, 0.2) is 54.2 Å². The third-order valence-electron chi connectivity index (χ3n) is 6.44. The van der Waals surface area contributed by atoms with Gasteiger partial charge in [0.1, 0.15) is 5.75 Å². The molecule has 0 aliphatic carbocycles. The normalized spacial score (nSPS) is 10.7. The molecule has 208 valence electrons. The second kappa shape index (κ2) is 18.4. The molecule has 0 spiro atoms. The Kier molecular flexibility index (Phi) is 15.7. The average Bonchev–Trinajstić information content (AvgIpc) is 3.28. The number of hydrogen-bond donors (Lipinski definition) is 1. The molecule has 0 aliphatic heterocycles. The largest absolute Gasteiger partial charge is 1.00 e. The van der Waals surface area contributed by atoms with Gasteiger partial charge in [-0.15, -0.1) is 0 Å². The summed E-state index contributed by atoms with van der Waals surface area (Å²) >= 11 is 8.17. The van der Waals surface area contributed by atoms with Gasteiger partial charge in [-0.1, -0.05) is 112 Å². The van der Waals surface area contributed by atoms with Gasteiger partial charge in [0, 0.05) is 16.8 Å². The molecular weight excluding hydrogens is 580 g/mol. The molecule has 4 nitrogen and oxygen atoms in total. The number of halogens is 2. The van der Waals surface area contributed by atoms with Gasteiger partial charge in [-0.05, 0) is 31.5 Å². The van der Waals surface area contributed by atoms with Crippen molar-refractivity contribution in [2.75, 3.05) is 11.9 Å². The number of thiazole rings is 1. The summed E-state index contributed by atoms with van der Waals surface area (Å²) in [7, 11) is 0. The molecule has 0 atom stereocenters. The Morgan fingerprint density at radius 1 is 0.974 bits per heavy atom. The van der Waals surface area contributed by atoms with Crippen molar-refractivity contribution in [2.24, 2.45) is 0 Å². The molecule has 0 bridgehead atoms. The van der Waals surface area contributed by atoms with Crippen LogP contribution in [0.2, 0.25) is 5.02 Å². The molecule has 3 rings (SSSR count). The highest BCUT2D eigenvalue weighted by Gasteiger charge is 2.13. The zero-order valence-corrected chi connectivity index (χ0v) is 26.0. The molecule has 0 aliphatic rings. The monoisotopic (exact) mass is 620 g/mol. The van der Waals surface area contributed by atoms with Gasteiger partial charge in [-0.3, -0.25) is 4.79 Å². The number of nitrogens with zero attached hydrogens (tertiary/aromatic N) is 1. The summed E-state index contributed by atoms with van der Waals surface area (Å²) in [6.45, 7) is 5.76. The lowest BCUT2D eigenvalue weighted by atomic mass is 10.1. The van der Waals surface area contributed by atoms with E-state index >= 15 is 0 Å². The zero-order valence-electron chi connectivity index (χ0n) is 22.8. The number of nitrogens with one attached hydrogen (secondary N) is 1. The Bertz CT molecular complexity index is 1100. The number of para-hydroxylation sites is 1. The third-order valence-corrected chi connectivity index (χ3v) is 7.59. The van der Waals surface area contributed by atoms with Gasteiger partial charge in [-0.2, -0.15) is 4.57 Å². The molecule has 1 N–H and O–H groups in total. The molecule has 0 saturated heterocycles. The molecule has 0 fully saturated rings. The summed E-state index contributed by atoms with van der Waals surface area (Å²) in [6.07, 6.45) is 15.2. The van der Waals surface area contributed by atoms with Gasteiger partial charge < -0.3 is 27.0 Å². The summed E-state index contributed by atoms with van der Waals surface area (Å²) < 4.78 is 8.22. The first-order valence-electron chi connectivity index (χ1n) is 13.8. The third kappa shape index (κ3) is 11.9. The molecule has 0 radical (unpaired) electrons. The van der Waals surface area contributed by atoms with E-state index in [1.165, 1.54) is 56.2 Å². The highest BCUT2D eigenvalue weighted by Crippen LogP contribution is 2.29. The Balaban J connectivity index is 0.00000507. The number of carbonyl (C=O) groups excluding carboxylic acids is 1. The number of hydrogen-bond acceptors (Lipinski definition) is 3. The van der Waals surface area contributed by atoms with Crippen molar-refractivity contribution >= 4 is 34.5 Å². The van der Waals surface area contributed by atoms with Crippen molar-refractivity contribution in [1.29, 1.82) is 0 Å². The minimum Gasteiger partial charge on any atom is -1.00 e. The zero-order chi connectivity index (χ0) is 26.3. The molecule has 0 unspecified atom stereocenters. The van der Waals surface area contributed by atoms with Crippen molar-refractivity contribution in [3.05, 3.63) is 75.2 Å². The van der Waals surface area contributed by atoms with Crippen LogP contribution in [0.4, 0.5) is 5.69 Å². The number of aryl methyl sites for hydroxylation is 1. The van der Waals surface area contributed by atoms with Crippen molar-refractivity contribution in [2.45, 2.75) is 91.0 Å². The number of benzene rings is 2. The topological polar surface area (TPSA) is 42.2 Å². The van der Waals surface area contributed by atoms with Crippen LogP contribution >= 0.6 is 22.9 Å². The highest BCUT2D eigenvalue weighted by atomic mass is 79.9. The number of unbranched alkanes of at least 4 members (excludes halogenated alkanes) is 9. The Labute approximate surface area is 248 Å². The first kappa shape index (κ1) is 32.3. The molecule has 1 aromatic heterocycles. The van der Waals surface area contributed by atoms with Crippen LogP contribution in [0.3, 0.4) is 0 Å². The maximum Gasteiger partial charge on any atom is 0.228 e. The summed E-state index contributed by atoms with van der Waals surface area (Å²) in [4.78, 5) is 14.1. The molecule has 3 aromatic rings. The van der Waals surface area contributed by atoms with Crippen LogP contribution in [-0.4, -0.2) is 12.5 Å². The molecular formula is C31H42BrClN2O2S. The van der Waals surface area contributed by atoms with Crippen LogP contribution < -0.4 is 31.6 Å². The van der Waals surface area contributed by atoms with Crippen LogP contribution in [0, 0.1) is 6.92 Å². The first-order valence-corrected chi connectivity index (χ1v) is 15.0. The van der Waals surface area contributed by atoms with E-state index in [2.05, 4.69) is 41.5 Å². The quantitative estimate of drug-likeness (QED) is 0.159. The molecule has 38 heavy (non-hydrogen) atoms. The molecule has 1 heterocycles. The van der Waals surface area contributed by atoms with Crippen LogP contribution in [-0.2, 0) is 17.8 Å². The number of aromatic nitrogens is 1. The van der Waals surface area contributed by atoms with Crippen LogP contribution in [0.5, 0.6) is 5.75 Å². The maximum absolute atomic E-state index is 12.9. The van der Waals surface area contributed by atoms with E-state index in [0.29, 0.717) is 17.4 Å². The minimum absolute atomic E-state index is 0. The average molecular weight is 622 g/mol. The summed E-state index contributed by atoms with van der Waals surface area (Å²) in [6, 6.07) is 13.6. The van der Waals surface area contributed by atoms with Gasteiger partial charge in [0.2, 0.25) is 11.4 Å². The predicted molar refractivity (Wildman–Crippen MR) is 156 cm³/mol. The fraction of sp³-hybridized carbons (Fsp3) is 0.484. The highest BCUT2D eigenvalue weighted by molar-refractivity contribution is 7.09. The minimum atomic E-state index is -0.0813. The van der Waals surface area contributed by atoms with Gasteiger partial charge in [0.25, 0.3) is 0 Å². The van der Waals surface area contributed by atoms with E-state index in [1.54, 1.807) is 11.3 Å². The SMILES string of the molecule is CCCCCCCCCCCCOc1c(Cl)cccc1CC(=O)Nc1cccc(C[n+]2csc(C)c2)c1.[Br-]. The van der Waals surface area contributed by atoms with E-state index in [-0.39, 0.29) is 29.3 Å². The van der Waals surface area contributed by atoms with E-state index in [1.807, 2.05) is 36.4 Å². The second-order valence-electron chi connectivity index (χ2n) is 9.82. The lowest BCUT2D eigenvalue weighted by Gasteiger charge is -2.13. The Hall–Kier alpha value is -1.89. The summed E-state index contributed by atoms with van der Waals surface area (Å²) in [5, 5.41) is 3.59. The first-order chi connectivity index (χ1) is 18.0. The van der Waals surface area contributed by atoms with Gasteiger partial charge >= 0.3 is 0 Å². The molecule has 0 saturated carbocycles. The number of carbonyl (C=O) groups is 1. The Morgan fingerprint density at radius 2 is 1.66 bits per heavy atom. The molecule has 1 amide bonds. The number of anilines is 1. The number of amides is 1. The lowest BCUT2D eigenvalue weighted by molar-refractivity contribution is -0.683. The smallest absolute Gasteiger partial charge is 0.228 e. The van der Waals surface area contributed by atoms with Crippen molar-refractivity contribution in [1.82, 2.24) is 0 Å². The summed E-state index contributed by atoms with van der Waals surface area (Å²) in [5.41, 5.74) is 4.86. The standard InChI is InChI=1S/C31H41ClN2O2S.BrH/c1-3-4-5-6-7-8-9-10-11-12-19-36-31-27(16-14-18-29(31)32)21-30(35)33-28-17-13-15-26(20-28)23-34-22-25(2)37-24-34;/h13-18,20,22,24H,3-12,19,21,23H2,1-2H3;1H. The fourth-order valence-corrected chi connectivity index (χ4v) is 5.36. The summed E-state index contributed by atoms with van der Waals surface area (Å²) in [5.74, 6) is 0.551. The van der Waals surface area contributed by atoms with Crippen LogP contribution in [0.25, 0.3) is 0 Å². The molecule has 7 heteroatoms. The Morgan fingerprint density at radius 3 is 2.34 bits per heavy atom. The van der Waals surface area contributed by atoms with Gasteiger partial charge in [0.15, 0.2) is 12.7 Å². The number of rotatable bonds is 17. The fourth-order valence-electron chi connectivity index (χ4n) is 4.48. The van der Waals surface area contributed by atoms with E-state index < -0.39 is 0 Å². The lowest BCUT2D eigenvalue weighted by Crippen LogP contribution is -3.00. The van der Waals surface area contributed by atoms with Crippen molar-refractivity contribution in [3.8, 4) is 5.75 Å². The predicted octanol–water partition coefficient (Wildman–Crippen LogP) is 5.53. The van der Waals surface area contributed by atoms with Gasteiger partial charge in [0.05, 0.1) is 22.9 Å². The second-order valence-corrected chi connectivity index (χ2v) is 11.3. The number of ether oxygens (including phenoxy) is 1. The van der Waals surface area contributed by atoms with E-state index in [4.69, 9.17) is 16.3 Å².